The molecule has 0 saturated heterocycles. The monoisotopic (exact) mass is 497 g/mol. The number of halogens is 3. The van der Waals surface area contributed by atoms with Crippen LogP contribution in [0.3, 0.4) is 0 Å². The Morgan fingerprint density at radius 1 is 1.15 bits per heavy atom. The van der Waals surface area contributed by atoms with Crippen LogP contribution in [0.25, 0.3) is 33.8 Å². The number of carbonyl (C=O) groups is 1. The van der Waals surface area contributed by atoms with Crippen molar-refractivity contribution in [3.8, 4) is 22.8 Å². The molecule has 0 unspecified atom stereocenters. The Labute approximate surface area is 195 Å². The number of anilines is 1. The molecular formula is C20H22F3N7O3S. The molecule has 0 aromatic carbocycles. The van der Waals surface area contributed by atoms with Crippen LogP contribution in [-0.2, 0) is 11.3 Å². The van der Waals surface area contributed by atoms with E-state index in [0.717, 1.165) is 61.1 Å². The number of unbranched alkanes of at least 4 members (excludes halogenated alkanes) is 3. The molecule has 5 N–H and O–H groups in total. The van der Waals surface area contributed by atoms with E-state index in [4.69, 9.17) is 31.0 Å². The Bertz CT molecular complexity index is 1220. The Morgan fingerprint density at radius 2 is 1.88 bits per heavy atom. The van der Waals surface area contributed by atoms with Crippen LogP contribution in [0.4, 0.5) is 19.0 Å². The van der Waals surface area contributed by atoms with E-state index in [0.29, 0.717) is 11.5 Å². The minimum absolute atomic E-state index is 0.236. The summed E-state index contributed by atoms with van der Waals surface area (Å²) in [5.41, 5.74) is 15.7. The number of pyridine rings is 1. The highest BCUT2D eigenvalue weighted by Gasteiger charge is 2.38. The topological polar surface area (TPSA) is 159 Å². The van der Waals surface area contributed by atoms with Gasteiger partial charge < -0.3 is 21.1 Å². The molecule has 10 nitrogen and oxygen atoms in total. The molecule has 0 amide bonds. The third-order valence-electron chi connectivity index (χ3n) is 4.77. The van der Waals surface area contributed by atoms with E-state index >= 15 is 0 Å². The smallest absolute Gasteiger partial charge is 0.475 e. The van der Waals surface area contributed by atoms with E-state index in [1.807, 2.05) is 23.7 Å². The van der Waals surface area contributed by atoms with E-state index < -0.39 is 12.1 Å². The number of thiophene rings is 1. The first-order valence-corrected chi connectivity index (χ1v) is 11.1. The first kappa shape index (κ1) is 25.1. The van der Waals surface area contributed by atoms with Gasteiger partial charge >= 0.3 is 12.1 Å². The molecule has 4 aromatic heterocycles. The molecule has 0 aliphatic heterocycles. The van der Waals surface area contributed by atoms with Crippen molar-refractivity contribution in [2.45, 2.75) is 38.4 Å². The summed E-state index contributed by atoms with van der Waals surface area (Å²) in [5.74, 6) is -1.86. The summed E-state index contributed by atoms with van der Waals surface area (Å²) in [5, 5.41) is 18.9. The fourth-order valence-corrected chi connectivity index (χ4v) is 3.83. The molecule has 4 heterocycles. The van der Waals surface area contributed by atoms with Crippen LogP contribution < -0.4 is 11.5 Å². The van der Waals surface area contributed by atoms with Crippen molar-refractivity contribution in [3.05, 3.63) is 29.1 Å². The van der Waals surface area contributed by atoms with E-state index in [9.17, 15) is 13.2 Å². The summed E-state index contributed by atoms with van der Waals surface area (Å²) in [6, 6.07) is 4.02. The van der Waals surface area contributed by atoms with Crippen molar-refractivity contribution in [3.63, 3.8) is 0 Å². The molecule has 4 aromatic rings. The van der Waals surface area contributed by atoms with Gasteiger partial charge in [0.25, 0.3) is 0 Å². The number of hydrogen-bond acceptors (Lipinski definition) is 9. The Morgan fingerprint density at radius 3 is 2.47 bits per heavy atom. The number of carboxylic acids is 1. The Balaban J connectivity index is 0.000000406. The van der Waals surface area contributed by atoms with E-state index in [-0.39, 0.29) is 5.82 Å². The lowest BCUT2D eigenvalue weighted by Gasteiger charge is -2.08. The highest BCUT2D eigenvalue weighted by molar-refractivity contribution is 7.08. The van der Waals surface area contributed by atoms with Crippen LogP contribution in [-0.4, -0.2) is 48.6 Å². The number of rotatable bonds is 8. The summed E-state index contributed by atoms with van der Waals surface area (Å²) >= 11 is 1.63. The summed E-state index contributed by atoms with van der Waals surface area (Å²) in [6.07, 6.45) is 1.01. The van der Waals surface area contributed by atoms with Crippen LogP contribution in [0.2, 0.25) is 0 Å². The number of alkyl halides is 3. The molecule has 0 aliphatic rings. The number of imidazole rings is 1. The third-order valence-corrected chi connectivity index (χ3v) is 5.45. The fourth-order valence-electron chi connectivity index (χ4n) is 3.19. The molecule has 0 radical (unpaired) electrons. The molecule has 0 aliphatic carbocycles. The van der Waals surface area contributed by atoms with Crippen LogP contribution in [0, 0.1) is 0 Å². The minimum Gasteiger partial charge on any atom is -0.475 e. The number of nitrogens with two attached hydrogens (primary N) is 2. The minimum atomic E-state index is -5.08. The van der Waals surface area contributed by atoms with Crippen molar-refractivity contribution in [1.29, 1.82) is 0 Å². The quantitative estimate of drug-likeness (QED) is 0.306. The van der Waals surface area contributed by atoms with Gasteiger partial charge in [0.05, 0.1) is 11.2 Å². The number of aryl methyl sites for hydroxylation is 1. The van der Waals surface area contributed by atoms with Crippen molar-refractivity contribution in [2.75, 3.05) is 12.3 Å². The van der Waals surface area contributed by atoms with Crippen molar-refractivity contribution < 1.29 is 27.7 Å². The highest BCUT2D eigenvalue weighted by atomic mass is 32.1. The Hall–Kier alpha value is -3.52. The number of nitrogens with zero attached hydrogens (tertiary/aromatic N) is 5. The van der Waals surface area contributed by atoms with E-state index in [1.165, 1.54) is 0 Å². The molecule has 34 heavy (non-hydrogen) atoms. The Kier molecular flexibility index (Phi) is 8.17. The summed E-state index contributed by atoms with van der Waals surface area (Å²) < 4.78 is 38.7. The van der Waals surface area contributed by atoms with Gasteiger partial charge in [0.1, 0.15) is 5.52 Å². The standard InChI is InChI=1S/C18H21N7OS.C2HF3O2/c19-7-3-1-2-4-9-25-13-5-8-21-14(12-6-10-27-11-12)15(13)22-18(25)16-17(20)24-26-23-16;3-2(4,5)1(6)7/h5-6,8,10-11H,1-4,7,9,19H2,(H2,20,24);(H,6,7). The van der Waals surface area contributed by atoms with Gasteiger partial charge in [-0.05, 0) is 47.2 Å². The number of hydrogen-bond donors (Lipinski definition) is 3. The van der Waals surface area contributed by atoms with Gasteiger partial charge in [0.15, 0.2) is 17.3 Å². The molecular weight excluding hydrogens is 475 g/mol. The summed E-state index contributed by atoms with van der Waals surface area (Å²) in [4.78, 5) is 18.3. The van der Waals surface area contributed by atoms with Crippen molar-refractivity contribution in [2.24, 2.45) is 5.73 Å². The summed E-state index contributed by atoms with van der Waals surface area (Å²) in [7, 11) is 0. The normalized spacial score (nSPS) is 11.4. The third kappa shape index (κ3) is 5.88. The second-order valence-electron chi connectivity index (χ2n) is 7.13. The maximum atomic E-state index is 10.6. The maximum absolute atomic E-state index is 10.6. The van der Waals surface area contributed by atoms with Crippen LogP contribution >= 0.6 is 11.3 Å². The summed E-state index contributed by atoms with van der Waals surface area (Å²) in [6.45, 7) is 1.53. The zero-order chi connectivity index (χ0) is 24.7. The largest absolute Gasteiger partial charge is 0.490 e. The van der Waals surface area contributed by atoms with Gasteiger partial charge in [-0.15, -0.1) is 0 Å². The van der Waals surface area contributed by atoms with Gasteiger partial charge in [-0.1, -0.05) is 12.8 Å². The number of aromatic nitrogens is 5. The molecule has 4 rings (SSSR count). The molecule has 0 fully saturated rings. The van der Waals surface area contributed by atoms with Crippen molar-refractivity contribution >= 4 is 34.2 Å². The van der Waals surface area contributed by atoms with Crippen LogP contribution in [0.15, 0.2) is 33.7 Å². The molecule has 0 bridgehead atoms. The highest BCUT2D eigenvalue weighted by Crippen LogP contribution is 2.32. The van der Waals surface area contributed by atoms with E-state index in [1.54, 1.807) is 11.3 Å². The zero-order valence-electron chi connectivity index (χ0n) is 17.8. The molecule has 0 saturated carbocycles. The second-order valence-corrected chi connectivity index (χ2v) is 7.91. The van der Waals surface area contributed by atoms with Gasteiger partial charge in [-0.2, -0.15) is 24.5 Å². The zero-order valence-corrected chi connectivity index (χ0v) is 18.6. The second kappa shape index (κ2) is 11.1. The van der Waals surface area contributed by atoms with Gasteiger partial charge in [0.2, 0.25) is 0 Å². The SMILES string of the molecule is NCCCCCCn1c(-c2nonc2N)nc2c(-c3ccsc3)nccc21.O=C(O)C(F)(F)F. The lowest BCUT2D eigenvalue weighted by Crippen LogP contribution is -2.21. The lowest BCUT2D eigenvalue weighted by atomic mass is 10.2. The van der Waals surface area contributed by atoms with Crippen molar-refractivity contribution in [1.82, 2.24) is 24.8 Å². The van der Waals surface area contributed by atoms with Crippen LogP contribution in [0.1, 0.15) is 25.7 Å². The predicted octanol–water partition coefficient (Wildman–Crippen LogP) is 3.94. The fraction of sp³-hybridized carbons (Fsp3) is 0.350. The first-order chi connectivity index (χ1) is 16.2. The molecule has 182 valence electrons. The van der Waals surface area contributed by atoms with Crippen LogP contribution in [0.5, 0.6) is 0 Å². The number of nitrogen functional groups attached to an aromatic ring is 1. The lowest BCUT2D eigenvalue weighted by molar-refractivity contribution is -0.192. The average Bonchev–Trinajstić information content (AvgIpc) is 3.53. The maximum Gasteiger partial charge on any atom is 0.490 e. The predicted molar refractivity (Wildman–Crippen MR) is 120 cm³/mol. The number of aliphatic carboxylic acids is 1. The van der Waals surface area contributed by atoms with Gasteiger partial charge in [0, 0.05) is 23.7 Å². The molecule has 0 spiro atoms. The number of fused-ring (bicyclic) bond motifs is 1. The number of carboxylic acid groups (broad SMARTS) is 1. The van der Waals surface area contributed by atoms with E-state index in [2.05, 4.69) is 25.2 Å². The average molecular weight is 498 g/mol. The first-order valence-electron chi connectivity index (χ1n) is 10.2. The van der Waals surface area contributed by atoms with Gasteiger partial charge in [-0.3, -0.25) is 4.98 Å². The van der Waals surface area contributed by atoms with Gasteiger partial charge in [-0.25, -0.2) is 14.4 Å². The molecule has 0 atom stereocenters. The molecule has 14 heteroatoms.